The Hall–Kier alpha value is -2.92. The number of rotatable bonds is 5. The maximum absolute atomic E-state index is 12.3. The van der Waals surface area contributed by atoms with E-state index in [2.05, 4.69) is 21.2 Å². The summed E-state index contributed by atoms with van der Waals surface area (Å²) in [5, 5.41) is 2.71. The zero-order valence-corrected chi connectivity index (χ0v) is 14.7. The van der Waals surface area contributed by atoms with Gasteiger partial charge in [-0.2, -0.15) is 0 Å². The van der Waals surface area contributed by atoms with E-state index in [4.69, 9.17) is 4.42 Å². The van der Waals surface area contributed by atoms with Crippen LogP contribution in [0, 0.1) is 0 Å². The van der Waals surface area contributed by atoms with Crippen LogP contribution in [0.25, 0.3) is 6.08 Å². The highest BCUT2D eigenvalue weighted by molar-refractivity contribution is 9.10. The second kappa shape index (κ2) is 7.77. The second-order valence-electron chi connectivity index (χ2n) is 5.26. The summed E-state index contributed by atoms with van der Waals surface area (Å²) in [6, 6.07) is 17.6. The van der Waals surface area contributed by atoms with Crippen molar-refractivity contribution in [1.29, 1.82) is 0 Å². The third-order valence-electron chi connectivity index (χ3n) is 3.45. The molecule has 25 heavy (non-hydrogen) atoms. The van der Waals surface area contributed by atoms with Gasteiger partial charge in [0, 0.05) is 15.7 Å². The highest BCUT2D eigenvalue weighted by Crippen LogP contribution is 2.15. The van der Waals surface area contributed by atoms with Crippen molar-refractivity contribution in [3.63, 3.8) is 0 Å². The number of halogens is 1. The van der Waals surface area contributed by atoms with Crippen LogP contribution in [-0.2, 0) is 0 Å². The van der Waals surface area contributed by atoms with Gasteiger partial charge in [0.15, 0.2) is 11.5 Å². The van der Waals surface area contributed by atoms with E-state index >= 15 is 0 Å². The highest BCUT2D eigenvalue weighted by Gasteiger charge is 2.10. The quantitative estimate of drug-likeness (QED) is 0.477. The van der Waals surface area contributed by atoms with Crippen LogP contribution < -0.4 is 5.32 Å². The van der Waals surface area contributed by atoms with Gasteiger partial charge in [0.05, 0.1) is 6.26 Å². The summed E-state index contributed by atoms with van der Waals surface area (Å²) < 4.78 is 6.03. The van der Waals surface area contributed by atoms with E-state index in [-0.39, 0.29) is 17.5 Å². The number of allylic oxidation sites excluding steroid dienone is 1. The number of hydrogen-bond acceptors (Lipinski definition) is 3. The third kappa shape index (κ3) is 4.55. The van der Waals surface area contributed by atoms with Gasteiger partial charge in [-0.25, -0.2) is 0 Å². The fourth-order valence-electron chi connectivity index (χ4n) is 2.19. The van der Waals surface area contributed by atoms with Gasteiger partial charge in [-0.05, 0) is 48.0 Å². The molecule has 0 aliphatic carbocycles. The third-order valence-corrected chi connectivity index (χ3v) is 3.98. The zero-order chi connectivity index (χ0) is 17.6. The molecule has 5 heteroatoms. The minimum absolute atomic E-state index is 0.142. The lowest BCUT2D eigenvalue weighted by molar-refractivity contribution is 0.0994. The zero-order valence-electron chi connectivity index (χ0n) is 13.1. The van der Waals surface area contributed by atoms with E-state index in [1.165, 1.54) is 12.3 Å². The molecule has 1 heterocycles. The summed E-state index contributed by atoms with van der Waals surface area (Å²) in [5.41, 5.74) is 1.95. The lowest BCUT2D eigenvalue weighted by Crippen LogP contribution is -2.11. The van der Waals surface area contributed by atoms with Gasteiger partial charge in [0.2, 0.25) is 0 Å². The van der Waals surface area contributed by atoms with E-state index in [9.17, 15) is 9.59 Å². The molecular weight excluding hydrogens is 382 g/mol. The minimum atomic E-state index is -0.361. The van der Waals surface area contributed by atoms with Crippen molar-refractivity contribution in [1.82, 2.24) is 0 Å². The van der Waals surface area contributed by atoms with Crippen molar-refractivity contribution >= 4 is 39.4 Å². The van der Waals surface area contributed by atoms with Gasteiger partial charge in [0.25, 0.3) is 5.91 Å². The number of carbonyl (C=O) groups is 2. The smallest absolute Gasteiger partial charge is 0.291 e. The van der Waals surface area contributed by atoms with Crippen LogP contribution in [0.4, 0.5) is 5.69 Å². The first-order valence-corrected chi connectivity index (χ1v) is 8.34. The molecule has 0 atom stereocenters. The van der Waals surface area contributed by atoms with Crippen LogP contribution in [0.15, 0.2) is 81.9 Å². The predicted octanol–water partition coefficient (Wildman–Crippen LogP) is 5.19. The Morgan fingerprint density at radius 1 is 1.00 bits per heavy atom. The standard InChI is InChI=1S/C20H14BrNO3/c21-16-9-6-14(7-10-16)8-11-18(23)15-3-1-4-17(13-15)22-20(24)19-5-2-12-25-19/h1-13H,(H,22,24)/b11-8+. The highest BCUT2D eigenvalue weighted by atomic mass is 79.9. The van der Waals surface area contributed by atoms with Crippen molar-refractivity contribution in [3.05, 3.63) is 94.4 Å². The summed E-state index contributed by atoms with van der Waals surface area (Å²) in [6.07, 6.45) is 4.70. The SMILES string of the molecule is O=C(/C=C/c1ccc(Br)cc1)c1cccc(NC(=O)c2ccco2)c1. The number of anilines is 1. The molecule has 0 fully saturated rings. The Bertz CT molecular complexity index is 912. The molecule has 3 aromatic rings. The van der Waals surface area contributed by atoms with Gasteiger partial charge in [-0.1, -0.05) is 46.3 Å². The van der Waals surface area contributed by atoms with Crippen molar-refractivity contribution in [2.75, 3.05) is 5.32 Å². The van der Waals surface area contributed by atoms with Gasteiger partial charge in [-0.15, -0.1) is 0 Å². The average molecular weight is 396 g/mol. The number of benzene rings is 2. The Kier molecular flexibility index (Phi) is 5.26. The normalized spacial score (nSPS) is 10.8. The first-order valence-electron chi connectivity index (χ1n) is 7.55. The second-order valence-corrected chi connectivity index (χ2v) is 6.18. The number of furan rings is 1. The van der Waals surface area contributed by atoms with Crippen LogP contribution in [0.2, 0.25) is 0 Å². The van der Waals surface area contributed by atoms with E-state index in [0.29, 0.717) is 11.3 Å². The molecule has 0 bridgehead atoms. The predicted molar refractivity (Wildman–Crippen MR) is 101 cm³/mol. The van der Waals surface area contributed by atoms with Gasteiger partial charge < -0.3 is 9.73 Å². The van der Waals surface area contributed by atoms with Crippen LogP contribution in [0.5, 0.6) is 0 Å². The average Bonchev–Trinajstić information content (AvgIpc) is 3.16. The molecular formula is C20H14BrNO3. The van der Waals surface area contributed by atoms with E-state index in [0.717, 1.165) is 10.0 Å². The molecule has 1 amide bonds. The van der Waals surface area contributed by atoms with Crippen LogP contribution in [0.1, 0.15) is 26.5 Å². The van der Waals surface area contributed by atoms with Gasteiger partial charge in [0.1, 0.15) is 0 Å². The topological polar surface area (TPSA) is 59.3 Å². The van der Waals surface area contributed by atoms with Crippen LogP contribution in [0.3, 0.4) is 0 Å². The van der Waals surface area contributed by atoms with Crippen LogP contribution >= 0.6 is 15.9 Å². The van der Waals surface area contributed by atoms with E-state index in [1.807, 2.05) is 24.3 Å². The van der Waals surface area contributed by atoms with Gasteiger partial charge >= 0.3 is 0 Å². The fraction of sp³-hybridized carbons (Fsp3) is 0. The molecule has 1 N–H and O–H groups in total. The number of carbonyl (C=O) groups excluding carboxylic acids is 2. The molecule has 0 aliphatic heterocycles. The first-order chi connectivity index (χ1) is 12.1. The Morgan fingerprint density at radius 3 is 2.52 bits per heavy atom. The molecule has 0 unspecified atom stereocenters. The molecule has 0 saturated carbocycles. The molecule has 124 valence electrons. The van der Waals surface area contributed by atoms with Crippen molar-refractivity contribution in [2.45, 2.75) is 0 Å². The molecule has 0 saturated heterocycles. The van der Waals surface area contributed by atoms with Crippen molar-refractivity contribution in [3.8, 4) is 0 Å². The van der Waals surface area contributed by atoms with E-state index < -0.39 is 0 Å². The molecule has 0 aliphatic rings. The Balaban J connectivity index is 1.71. The Morgan fingerprint density at radius 2 is 1.80 bits per heavy atom. The monoisotopic (exact) mass is 395 g/mol. The largest absolute Gasteiger partial charge is 0.459 e. The molecule has 0 spiro atoms. The van der Waals surface area contributed by atoms with Gasteiger partial charge in [-0.3, -0.25) is 9.59 Å². The lowest BCUT2D eigenvalue weighted by Gasteiger charge is -2.04. The lowest BCUT2D eigenvalue weighted by atomic mass is 10.1. The fourth-order valence-corrected chi connectivity index (χ4v) is 2.46. The molecule has 3 rings (SSSR count). The summed E-state index contributed by atoms with van der Waals surface area (Å²) >= 11 is 3.37. The van der Waals surface area contributed by atoms with E-state index in [1.54, 1.807) is 42.5 Å². The number of ketones is 1. The molecule has 4 nitrogen and oxygen atoms in total. The van der Waals surface area contributed by atoms with Crippen LogP contribution in [-0.4, -0.2) is 11.7 Å². The maximum Gasteiger partial charge on any atom is 0.291 e. The summed E-state index contributed by atoms with van der Waals surface area (Å²) in [4.78, 5) is 24.3. The molecule has 0 radical (unpaired) electrons. The number of hydrogen-bond donors (Lipinski definition) is 1. The maximum atomic E-state index is 12.3. The van der Waals surface area contributed by atoms with Crippen molar-refractivity contribution in [2.24, 2.45) is 0 Å². The molecule has 1 aromatic heterocycles. The summed E-state index contributed by atoms with van der Waals surface area (Å²) in [6.45, 7) is 0. The van der Waals surface area contributed by atoms with Crippen molar-refractivity contribution < 1.29 is 14.0 Å². The first kappa shape index (κ1) is 16.9. The summed E-state index contributed by atoms with van der Waals surface area (Å²) in [5.74, 6) is -0.288. The number of nitrogens with one attached hydrogen (secondary N) is 1. The number of amides is 1. The minimum Gasteiger partial charge on any atom is -0.459 e. The molecule has 2 aromatic carbocycles. The summed E-state index contributed by atoms with van der Waals surface area (Å²) in [7, 11) is 0. The Labute approximate surface area is 153 Å².